The summed E-state index contributed by atoms with van der Waals surface area (Å²) in [4.78, 5) is 33.1. The molecule has 4 heterocycles. The Kier molecular flexibility index (Phi) is 5.35. The summed E-state index contributed by atoms with van der Waals surface area (Å²) in [5.41, 5.74) is 0.894. The van der Waals surface area contributed by atoms with Crippen LogP contribution in [0.3, 0.4) is 0 Å². The molecule has 0 aromatic carbocycles. The minimum Gasteiger partial charge on any atom is -0.368 e. The molecule has 8 nitrogen and oxygen atoms in total. The molecule has 9 heteroatoms. The minimum absolute atomic E-state index is 0.0785. The number of aryl methyl sites for hydroxylation is 1. The number of thioether (sulfide) groups is 1. The molecule has 1 aromatic rings. The summed E-state index contributed by atoms with van der Waals surface area (Å²) in [6.45, 7) is 4.58. The summed E-state index contributed by atoms with van der Waals surface area (Å²) in [7, 11) is 0. The van der Waals surface area contributed by atoms with Crippen LogP contribution in [0.5, 0.6) is 0 Å². The van der Waals surface area contributed by atoms with Crippen LogP contribution in [0.25, 0.3) is 0 Å². The summed E-state index contributed by atoms with van der Waals surface area (Å²) in [5.74, 6) is 1.15. The average molecular weight is 379 g/mol. The zero-order valence-electron chi connectivity index (χ0n) is 14.9. The lowest BCUT2D eigenvalue weighted by molar-refractivity contribution is -0.140. The van der Waals surface area contributed by atoms with Crippen LogP contribution in [0.15, 0.2) is 11.4 Å². The number of nitrogens with one attached hydrogen (secondary N) is 1. The SMILES string of the molecule is O=C(NCc1cn2c(n1)SCC2)N1CCCN(C(=O)[C@@H]2CCCO2)CC1. The van der Waals surface area contributed by atoms with Crippen LogP contribution < -0.4 is 5.32 Å². The van der Waals surface area contributed by atoms with Crippen molar-refractivity contribution in [1.29, 1.82) is 0 Å². The lowest BCUT2D eigenvalue weighted by Gasteiger charge is -2.24. The maximum Gasteiger partial charge on any atom is 0.317 e. The number of rotatable bonds is 3. The third-order valence-corrected chi connectivity index (χ3v) is 6.04. The van der Waals surface area contributed by atoms with E-state index in [1.807, 2.05) is 11.1 Å². The first-order chi connectivity index (χ1) is 12.7. The number of carbonyl (C=O) groups excluding carboxylic acids is 2. The molecule has 0 saturated carbocycles. The molecule has 3 aliphatic heterocycles. The van der Waals surface area contributed by atoms with Crippen LogP contribution >= 0.6 is 11.8 Å². The van der Waals surface area contributed by atoms with Gasteiger partial charge in [0.25, 0.3) is 5.91 Å². The number of urea groups is 1. The third kappa shape index (κ3) is 3.83. The van der Waals surface area contributed by atoms with Crippen molar-refractivity contribution in [3.8, 4) is 0 Å². The van der Waals surface area contributed by atoms with E-state index in [9.17, 15) is 9.59 Å². The van der Waals surface area contributed by atoms with Crippen LogP contribution in [0.1, 0.15) is 25.0 Å². The average Bonchev–Trinajstić information content (AvgIpc) is 3.33. The van der Waals surface area contributed by atoms with Crippen molar-refractivity contribution < 1.29 is 14.3 Å². The van der Waals surface area contributed by atoms with Gasteiger partial charge in [-0.25, -0.2) is 9.78 Å². The Morgan fingerprint density at radius 2 is 2.04 bits per heavy atom. The molecule has 26 heavy (non-hydrogen) atoms. The van der Waals surface area contributed by atoms with E-state index >= 15 is 0 Å². The fraction of sp³-hybridized carbons (Fsp3) is 0.706. The van der Waals surface area contributed by atoms with Gasteiger partial charge in [0.05, 0.1) is 12.2 Å². The first-order valence-electron chi connectivity index (χ1n) is 9.33. The van der Waals surface area contributed by atoms with Gasteiger partial charge in [-0.05, 0) is 19.3 Å². The summed E-state index contributed by atoms with van der Waals surface area (Å²) in [6.07, 6.45) is 4.29. The van der Waals surface area contributed by atoms with E-state index in [-0.39, 0.29) is 18.0 Å². The topological polar surface area (TPSA) is 79.7 Å². The number of aromatic nitrogens is 2. The zero-order valence-corrected chi connectivity index (χ0v) is 15.7. The Balaban J connectivity index is 1.26. The summed E-state index contributed by atoms with van der Waals surface area (Å²) in [5, 5.41) is 3.99. The lowest BCUT2D eigenvalue weighted by Crippen LogP contribution is -2.44. The van der Waals surface area contributed by atoms with Crippen LogP contribution in [0.4, 0.5) is 4.79 Å². The molecule has 0 aliphatic carbocycles. The number of amides is 3. The fourth-order valence-corrected chi connectivity index (χ4v) is 4.60. The molecule has 0 bridgehead atoms. The normalized spacial score (nSPS) is 23.0. The van der Waals surface area contributed by atoms with E-state index < -0.39 is 0 Å². The first-order valence-corrected chi connectivity index (χ1v) is 10.3. The molecule has 0 radical (unpaired) electrons. The van der Waals surface area contributed by atoms with Gasteiger partial charge in [0, 0.05) is 51.3 Å². The molecule has 0 spiro atoms. The summed E-state index contributed by atoms with van der Waals surface area (Å²) < 4.78 is 7.63. The van der Waals surface area contributed by atoms with Crippen molar-refractivity contribution in [2.75, 3.05) is 38.5 Å². The van der Waals surface area contributed by atoms with Gasteiger partial charge in [0.15, 0.2) is 5.16 Å². The lowest BCUT2D eigenvalue weighted by atomic mass is 10.2. The predicted molar refractivity (Wildman–Crippen MR) is 96.9 cm³/mol. The van der Waals surface area contributed by atoms with Crippen LogP contribution in [0, 0.1) is 0 Å². The number of fused-ring (bicyclic) bond motifs is 1. The van der Waals surface area contributed by atoms with Gasteiger partial charge in [-0.3, -0.25) is 4.79 Å². The molecule has 1 atom stereocenters. The van der Waals surface area contributed by atoms with Crippen molar-refractivity contribution >= 4 is 23.7 Å². The highest BCUT2D eigenvalue weighted by atomic mass is 32.2. The number of nitrogens with zero attached hydrogens (tertiary/aromatic N) is 4. The van der Waals surface area contributed by atoms with Crippen molar-refractivity contribution in [2.45, 2.75) is 43.6 Å². The van der Waals surface area contributed by atoms with Crippen molar-refractivity contribution in [2.24, 2.45) is 0 Å². The standard InChI is InChI=1S/C17H25N5O3S/c23-15(14-3-1-9-25-14)20-4-2-5-21(7-6-20)16(24)18-11-13-12-22-8-10-26-17(22)19-13/h12,14H,1-11H2,(H,18,24)/t14-/m0/s1. The van der Waals surface area contributed by atoms with Gasteiger partial charge in [0.2, 0.25) is 0 Å². The second-order valence-electron chi connectivity index (χ2n) is 6.88. The molecule has 1 aromatic heterocycles. The molecule has 2 saturated heterocycles. The van der Waals surface area contributed by atoms with E-state index in [1.165, 1.54) is 0 Å². The molecule has 3 aliphatic rings. The van der Waals surface area contributed by atoms with Crippen LogP contribution in [-0.2, 0) is 22.6 Å². The molecule has 3 amide bonds. The molecule has 142 valence electrons. The maximum absolute atomic E-state index is 12.5. The Bertz CT molecular complexity index is 652. The Labute approximate surface area is 157 Å². The smallest absolute Gasteiger partial charge is 0.317 e. The number of imidazole rings is 1. The molecule has 1 N–H and O–H groups in total. The van der Waals surface area contributed by atoms with Crippen molar-refractivity contribution in [3.63, 3.8) is 0 Å². The highest BCUT2D eigenvalue weighted by Crippen LogP contribution is 2.24. The maximum atomic E-state index is 12.5. The van der Waals surface area contributed by atoms with Gasteiger partial charge in [-0.15, -0.1) is 0 Å². The van der Waals surface area contributed by atoms with Gasteiger partial charge in [0.1, 0.15) is 6.10 Å². The highest BCUT2D eigenvalue weighted by Gasteiger charge is 2.30. The van der Waals surface area contributed by atoms with E-state index in [0.717, 1.165) is 42.4 Å². The Hall–Kier alpha value is -1.74. The van der Waals surface area contributed by atoms with E-state index in [2.05, 4.69) is 14.9 Å². The van der Waals surface area contributed by atoms with Crippen LogP contribution in [0.2, 0.25) is 0 Å². The quantitative estimate of drug-likeness (QED) is 0.845. The highest BCUT2D eigenvalue weighted by molar-refractivity contribution is 7.99. The van der Waals surface area contributed by atoms with Crippen LogP contribution in [-0.4, -0.2) is 75.9 Å². The fourth-order valence-electron chi connectivity index (χ4n) is 3.64. The van der Waals surface area contributed by atoms with Gasteiger partial charge in [-0.1, -0.05) is 11.8 Å². The molecule has 4 rings (SSSR count). The van der Waals surface area contributed by atoms with Crippen molar-refractivity contribution in [3.05, 3.63) is 11.9 Å². The first kappa shape index (κ1) is 17.7. The second-order valence-corrected chi connectivity index (χ2v) is 7.94. The monoisotopic (exact) mass is 379 g/mol. The molecular formula is C17H25N5O3S. The predicted octanol–water partition coefficient (Wildman–Crippen LogP) is 0.912. The summed E-state index contributed by atoms with van der Waals surface area (Å²) in [6, 6.07) is -0.0859. The van der Waals surface area contributed by atoms with E-state index in [4.69, 9.17) is 4.74 Å². The Morgan fingerprint density at radius 3 is 2.85 bits per heavy atom. The zero-order chi connectivity index (χ0) is 17.9. The van der Waals surface area contributed by atoms with E-state index in [1.54, 1.807) is 16.7 Å². The van der Waals surface area contributed by atoms with Gasteiger partial charge in [-0.2, -0.15) is 0 Å². The number of hydrogen-bond acceptors (Lipinski definition) is 5. The second kappa shape index (κ2) is 7.87. The number of hydrogen-bond donors (Lipinski definition) is 1. The van der Waals surface area contributed by atoms with Gasteiger partial charge >= 0.3 is 6.03 Å². The number of carbonyl (C=O) groups is 2. The molecular weight excluding hydrogens is 354 g/mol. The minimum atomic E-state index is -0.281. The largest absolute Gasteiger partial charge is 0.368 e. The molecule has 0 unspecified atom stereocenters. The van der Waals surface area contributed by atoms with E-state index in [0.29, 0.717) is 39.3 Å². The third-order valence-electron chi connectivity index (χ3n) is 5.07. The summed E-state index contributed by atoms with van der Waals surface area (Å²) >= 11 is 1.75. The van der Waals surface area contributed by atoms with Crippen molar-refractivity contribution in [1.82, 2.24) is 24.7 Å². The Morgan fingerprint density at radius 1 is 1.19 bits per heavy atom. The molecule has 2 fully saturated rings. The van der Waals surface area contributed by atoms with Gasteiger partial charge < -0.3 is 24.4 Å². The number of ether oxygens (including phenoxy) is 1.